The van der Waals surface area contributed by atoms with E-state index in [9.17, 15) is 0 Å². The van der Waals surface area contributed by atoms with Crippen LogP contribution in [0.3, 0.4) is 0 Å². The molecule has 0 saturated heterocycles. The van der Waals surface area contributed by atoms with Crippen molar-refractivity contribution < 1.29 is 4.74 Å². The van der Waals surface area contributed by atoms with Crippen LogP contribution in [-0.4, -0.2) is 11.6 Å². The van der Waals surface area contributed by atoms with Crippen LogP contribution in [0.1, 0.15) is 71.1 Å². The normalized spacial score (nSPS) is 11.0. The maximum absolute atomic E-state index is 5.86. The van der Waals surface area contributed by atoms with Crippen molar-refractivity contribution in [1.29, 1.82) is 0 Å². The average Bonchev–Trinajstić information content (AvgIpc) is 2.59. The number of benzene rings is 1. The summed E-state index contributed by atoms with van der Waals surface area (Å²) in [6.45, 7) is 3.10. The summed E-state index contributed by atoms with van der Waals surface area (Å²) >= 11 is 0. The molecule has 2 aromatic rings. The highest BCUT2D eigenvalue weighted by molar-refractivity contribution is 5.79. The van der Waals surface area contributed by atoms with Gasteiger partial charge >= 0.3 is 0 Å². The van der Waals surface area contributed by atoms with Crippen molar-refractivity contribution in [2.24, 2.45) is 0 Å². The SMILES string of the molecule is CCCCCCCCCCCCOc1ccc2ncccc2c1. The zero-order chi connectivity index (χ0) is 16.2. The minimum absolute atomic E-state index is 0.822. The van der Waals surface area contributed by atoms with Crippen molar-refractivity contribution in [2.75, 3.05) is 6.61 Å². The third-order valence-corrected chi connectivity index (χ3v) is 4.34. The Hall–Kier alpha value is -1.57. The van der Waals surface area contributed by atoms with E-state index in [4.69, 9.17) is 4.74 Å². The third-order valence-electron chi connectivity index (χ3n) is 4.34. The van der Waals surface area contributed by atoms with Gasteiger partial charge in [0.2, 0.25) is 0 Å². The van der Waals surface area contributed by atoms with Gasteiger partial charge in [-0.05, 0) is 30.7 Å². The molecule has 0 saturated carbocycles. The molecule has 2 heteroatoms. The van der Waals surface area contributed by atoms with Crippen LogP contribution in [0.4, 0.5) is 0 Å². The predicted molar refractivity (Wildman–Crippen MR) is 99.1 cm³/mol. The molecule has 23 heavy (non-hydrogen) atoms. The molecule has 0 bridgehead atoms. The van der Waals surface area contributed by atoms with E-state index in [1.54, 1.807) is 0 Å². The molecule has 2 rings (SSSR count). The molecule has 0 aliphatic rings. The number of pyridine rings is 1. The average molecular weight is 313 g/mol. The van der Waals surface area contributed by atoms with Crippen LogP contribution in [0, 0.1) is 0 Å². The fraction of sp³-hybridized carbons (Fsp3) is 0.571. The van der Waals surface area contributed by atoms with E-state index in [1.807, 2.05) is 24.4 Å². The van der Waals surface area contributed by atoms with Gasteiger partial charge in [0.05, 0.1) is 12.1 Å². The van der Waals surface area contributed by atoms with Crippen LogP contribution in [0.25, 0.3) is 10.9 Å². The molecule has 2 nitrogen and oxygen atoms in total. The summed E-state index contributed by atoms with van der Waals surface area (Å²) in [4.78, 5) is 4.33. The second-order valence-corrected chi connectivity index (χ2v) is 6.39. The highest BCUT2D eigenvalue weighted by Gasteiger charge is 1.98. The van der Waals surface area contributed by atoms with Gasteiger partial charge in [-0.25, -0.2) is 0 Å². The first-order valence-electron chi connectivity index (χ1n) is 9.38. The Morgan fingerprint density at radius 3 is 2.26 bits per heavy atom. The Labute approximate surface area is 141 Å². The lowest BCUT2D eigenvalue weighted by Gasteiger charge is -2.07. The number of rotatable bonds is 12. The Bertz CT molecular complexity index is 552. The lowest BCUT2D eigenvalue weighted by atomic mass is 10.1. The Morgan fingerprint density at radius 1 is 0.826 bits per heavy atom. The van der Waals surface area contributed by atoms with Gasteiger partial charge in [0, 0.05) is 11.6 Å². The van der Waals surface area contributed by atoms with E-state index in [0.717, 1.165) is 29.7 Å². The summed E-state index contributed by atoms with van der Waals surface area (Å²) in [5, 5.41) is 1.15. The van der Waals surface area contributed by atoms with Gasteiger partial charge in [0.15, 0.2) is 0 Å². The molecule has 0 spiro atoms. The monoisotopic (exact) mass is 313 g/mol. The van der Waals surface area contributed by atoms with Crippen molar-refractivity contribution in [3.63, 3.8) is 0 Å². The topological polar surface area (TPSA) is 22.1 Å². The van der Waals surface area contributed by atoms with Crippen LogP contribution >= 0.6 is 0 Å². The summed E-state index contributed by atoms with van der Waals surface area (Å²) in [5.41, 5.74) is 1.03. The van der Waals surface area contributed by atoms with Gasteiger partial charge < -0.3 is 4.74 Å². The summed E-state index contributed by atoms with van der Waals surface area (Å²) in [6.07, 6.45) is 15.4. The van der Waals surface area contributed by atoms with Gasteiger partial charge in [0.1, 0.15) is 5.75 Å². The minimum Gasteiger partial charge on any atom is -0.494 e. The fourth-order valence-electron chi connectivity index (χ4n) is 2.92. The van der Waals surface area contributed by atoms with Crippen LogP contribution in [0.2, 0.25) is 0 Å². The van der Waals surface area contributed by atoms with Gasteiger partial charge in [0.25, 0.3) is 0 Å². The van der Waals surface area contributed by atoms with E-state index in [0.29, 0.717) is 0 Å². The third kappa shape index (κ3) is 7.02. The zero-order valence-electron chi connectivity index (χ0n) is 14.6. The largest absolute Gasteiger partial charge is 0.494 e. The van der Waals surface area contributed by atoms with Crippen LogP contribution in [0.5, 0.6) is 5.75 Å². The Kier molecular flexibility index (Phi) is 8.53. The molecular formula is C21H31NO. The molecule has 0 radical (unpaired) electrons. The van der Waals surface area contributed by atoms with E-state index in [1.165, 1.54) is 57.8 Å². The second-order valence-electron chi connectivity index (χ2n) is 6.39. The van der Waals surface area contributed by atoms with Crippen molar-refractivity contribution in [1.82, 2.24) is 4.98 Å². The fourth-order valence-corrected chi connectivity index (χ4v) is 2.92. The maximum atomic E-state index is 5.86. The molecule has 1 aromatic heterocycles. The molecule has 126 valence electrons. The molecule has 1 aromatic carbocycles. The van der Waals surface area contributed by atoms with Crippen LogP contribution in [0.15, 0.2) is 36.5 Å². The summed E-state index contributed by atoms with van der Waals surface area (Å²) in [5.74, 6) is 0.960. The first-order chi connectivity index (χ1) is 11.4. The van der Waals surface area contributed by atoms with E-state index in [-0.39, 0.29) is 0 Å². The highest BCUT2D eigenvalue weighted by atomic mass is 16.5. The molecule has 0 N–H and O–H groups in total. The second kappa shape index (κ2) is 11.0. The maximum Gasteiger partial charge on any atom is 0.120 e. The first kappa shape index (κ1) is 17.8. The molecule has 0 fully saturated rings. The summed E-state index contributed by atoms with van der Waals surface area (Å²) < 4.78 is 5.86. The summed E-state index contributed by atoms with van der Waals surface area (Å²) in [6, 6.07) is 10.2. The Morgan fingerprint density at radius 2 is 1.52 bits per heavy atom. The van der Waals surface area contributed by atoms with Crippen LogP contribution in [-0.2, 0) is 0 Å². The number of fused-ring (bicyclic) bond motifs is 1. The van der Waals surface area contributed by atoms with Crippen molar-refractivity contribution in [3.8, 4) is 5.75 Å². The molecule has 0 amide bonds. The zero-order valence-corrected chi connectivity index (χ0v) is 14.6. The molecule has 0 aliphatic heterocycles. The predicted octanol–water partition coefficient (Wildman–Crippen LogP) is 6.53. The van der Waals surface area contributed by atoms with E-state index in [2.05, 4.69) is 24.0 Å². The summed E-state index contributed by atoms with van der Waals surface area (Å²) in [7, 11) is 0. The standard InChI is InChI=1S/C21H31NO/c1-2-3-4-5-6-7-8-9-10-11-17-23-20-14-15-21-19(18-20)13-12-16-22-21/h12-16,18H,2-11,17H2,1H3. The molecule has 0 unspecified atom stereocenters. The quantitative estimate of drug-likeness (QED) is 0.415. The molecule has 0 atom stereocenters. The Balaban J connectivity index is 1.50. The first-order valence-corrected chi connectivity index (χ1v) is 9.38. The van der Waals surface area contributed by atoms with Crippen molar-refractivity contribution in [2.45, 2.75) is 71.1 Å². The number of hydrogen-bond donors (Lipinski definition) is 0. The number of hydrogen-bond acceptors (Lipinski definition) is 2. The van der Waals surface area contributed by atoms with E-state index < -0.39 is 0 Å². The molecule has 1 heterocycles. The minimum atomic E-state index is 0.822. The van der Waals surface area contributed by atoms with Gasteiger partial charge in [-0.3, -0.25) is 4.98 Å². The molecular weight excluding hydrogens is 282 g/mol. The number of nitrogens with zero attached hydrogens (tertiary/aromatic N) is 1. The lowest BCUT2D eigenvalue weighted by Crippen LogP contribution is -1.97. The number of unbranched alkanes of at least 4 members (excludes halogenated alkanes) is 9. The molecule has 0 aliphatic carbocycles. The lowest BCUT2D eigenvalue weighted by molar-refractivity contribution is 0.304. The van der Waals surface area contributed by atoms with Crippen LogP contribution < -0.4 is 4.74 Å². The van der Waals surface area contributed by atoms with Crippen molar-refractivity contribution >= 4 is 10.9 Å². The number of aromatic nitrogens is 1. The highest BCUT2D eigenvalue weighted by Crippen LogP contribution is 2.19. The van der Waals surface area contributed by atoms with Gasteiger partial charge in [-0.2, -0.15) is 0 Å². The smallest absolute Gasteiger partial charge is 0.120 e. The van der Waals surface area contributed by atoms with Gasteiger partial charge in [-0.1, -0.05) is 70.8 Å². The number of ether oxygens (including phenoxy) is 1. The van der Waals surface area contributed by atoms with E-state index >= 15 is 0 Å². The van der Waals surface area contributed by atoms with Gasteiger partial charge in [-0.15, -0.1) is 0 Å². The van der Waals surface area contributed by atoms with Crippen molar-refractivity contribution in [3.05, 3.63) is 36.5 Å².